The number of furan rings is 2. The highest BCUT2D eigenvalue weighted by Crippen LogP contribution is 2.64. The van der Waals surface area contributed by atoms with Crippen molar-refractivity contribution in [2.45, 2.75) is 71.6 Å². The van der Waals surface area contributed by atoms with Crippen molar-refractivity contribution in [1.82, 2.24) is 0 Å². The van der Waals surface area contributed by atoms with Gasteiger partial charge in [-0.1, -0.05) is 174 Å². The van der Waals surface area contributed by atoms with Gasteiger partial charge in [0.25, 0.3) is 0 Å². The monoisotopic (exact) mass is 927 g/mol. The molecule has 0 saturated heterocycles. The summed E-state index contributed by atoms with van der Waals surface area (Å²) in [7, 11) is 0. The highest BCUT2D eigenvalue weighted by molar-refractivity contribution is 6.21. The van der Waals surface area contributed by atoms with E-state index in [4.69, 9.17) is 8.83 Å². The molecule has 10 aromatic carbocycles. The van der Waals surface area contributed by atoms with Gasteiger partial charge in [-0.2, -0.15) is 0 Å². The van der Waals surface area contributed by atoms with Crippen LogP contribution in [0.1, 0.15) is 86.1 Å². The minimum Gasteiger partial charge on any atom is -0.455 e. The van der Waals surface area contributed by atoms with Gasteiger partial charge in [-0.15, -0.1) is 0 Å². The van der Waals surface area contributed by atoms with Gasteiger partial charge in [0.1, 0.15) is 22.3 Å². The van der Waals surface area contributed by atoms with Crippen molar-refractivity contribution < 1.29 is 8.83 Å². The van der Waals surface area contributed by atoms with Crippen molar-refractivity contribution in [3.8, 4) is 44.5 Å². The molecule has 0 fully saturated rings. The van der Waals surface area contributed by atoms with Crippen LogP contribution in [0.25, 0.3) is 99.2 Å². The highest BCUT2D eigenvalue weighted by atomic mass is 16.3. The summed E-state index contributed by atoms with van der Waals surface area (Å²) in [5, 5.41) is 7.17. The van der Waals surface area contributed by atoms with Crippen LogP contribution in [0.15, 0.2) is 185 Å². The Hall–Kier alpha value is -8.14. The summed E-state index contributed by atoms with van der Waals surface area (Å²) in [6, 6.07) is 65.7. The van der Waals surface area contributed by atoms with E-state index in [1.165, 1.54) is 110 Å². The van der Waals surface area contributed by atoms with E-state index in [1.807, 2.05) is 0 Å². The maximum Gasteiger partial charge on any atom is 0.144 e. The van der Waals surface area contributed by atoms with E-state index in [0.29, 0.717) is 0 Å². The van der Waals surface area contributed by atoms with Crippen molar-refractivity contribution >= 4 is 71.7 Å². The van der Waals surface area contributed by atoms with Crippen LogP contribution in [0.4, 0.5) is 17.1 Å². The quantitative estimate of drug-likeness (QED) is 0.176. The molecule has 3 aliphatic carbocycles. The molecule has 3 nitrogen and oxygen atoms in total. The van der Waals surface area contributed by atoms with Crippen LogP contribution in [-0.4, -0.2) is 0 Å². The molecule has 0 amide bonds. The van der Waals surface area contributed by atoms with Crippen LogP contribution in [0.3, 0.4) is 0 Å². The fraction of sp³-hybridized carbons (Fsp3) is 0.159. The zero-order chi connectivity index (χ0) is 48.7. The van der Waals surface area contributed by atoms with Crippen molar-refractivity contribution in [3.63, 3.8) is 0 Å². The molecule has 0 atom stereocenters. The average Bonchev–Trinajstić information content (AvgIpc) is 4.14. The zero-order valence-corrected chi connectivity index (χ0v) is 42.0. The molecule has 12 aromatic rings. The lowest BCUT2D eigenvalue weighted by atomic mass is 9.72. The number of hydrogen-bond acceptors (Lipinski definition) is 3. The lowest BCUT2D eigenvalue weighted by Crippen LogP contribution is -2.24. The molecule has 15 rings (SSSR count). The molecule has 2 aromatic heterocycles. The summed E-state index contributed by atoms with van der Waals surface area (Å²) in [5.41, 5.74) is 26.9. The lowest BCUT2D eigenvalue weighted by molar-refractivity contribution is 0.600. The van der Waals surface area contributed by atoms with Gasteiger partial charge in [0.15, 0.2) is 0 Å². The molecule has 72 heavy (non-hydrogen) atoms. The topological polar surface area (TPSA) is 29.5 Å². The third-order valence-corrected chi connectivity index (χ3v) is 17.2. The Labute approximate surface area is 420 Å². The van der Waals surface area contributed by atoms with Gasteiger partial charge in [-0.25, -0.2) is 0 Å². The van der Waals surface area contributed by atoms with Crippen molar-refractivity contribution in [2.24, 2.45) is 0 Å². The number of hydrogen-bond donors (Lipinski definition) is 0. The van der Waals surface area contributed by atoms with E-state index < -0.39 is 0 Å². The molecule has 0 bridgehead atoms. The SMILES string of the molecule is Cc1cc(C)cc(-c2cc3c(c4c2oc2ccccc24)-c2ccc(N(c4ccc5c(c4)C(C)(C)c4c6c(c7oc8ccccc8c7c4-5)-c4ccccc4C6(C)C)c4ccc5ccccc5c4)cc2C3(C)C)c1. The Morgan fingerprint density at radius 2 is 0.875 bits per heavy atom. The molecule has 0 aliphatic heterocycles. The molecule has 0 unspecified atom stereocenters. The first-order valence-electron chi connectivity index (χ1n) is 25.6. The Morgan fingerprint density at radius 3 is 1.58 bits per heavy atom. The second kappa shape index (κ2) is 14.0. The van der Waals surface area contributed by atoms with Gasteiger partial charge < -0.3 is 13.7 Å². The maximum absolute atomic E-state index is 7.01. The Morgan fingerprint density at radius 1 is 0.361 bits per heavy atom. The van der Waals surface area contributed by atoms with Crippen LogP contribution in [-0.2, 0) is 16.2 Å². The Bertz CT molecular complexity index is 4380. The third kappa shape index (κ3) is 5.35. The smallest absolute Gasteiger partial charge is 0.144 e. The van der Waals surface area contributed by atoms with E-state index in [-0.39, 0.29) is 16.2 Å². The molecular formula is C69H53NO2. The number of rotatable bonds is 4. The molecule has 0 radical (unpaired) electrons. The molecule has 3 aliphatic rings. The summed E-state index contributed by atoms with van der Waals surface area (Å²) in [4.78, 5) is 2.50. The molecular weight excluding hydrogens is 875 g/mol. The minimum atomic E-state index is -0.334. The van der Waals surface area contributed by atoms with Gasteiger partial charge in [-0.05, 0) is 146 Å². The maximum atomic E-state index is 7.01. The number of aryl methyl sites for hydroxylation is 2. The summed E-state index contributed by atoms with van der Waals surface area (Å²) < 4.78 is 13.9. The van der Waals surface area contributed by atoms with E-state index in [9.17, 15) is 0 Å². The fourth-order valence-corrected chi connectivity index (χ4v) is 14.0. The summed E-state index contributed by atoms with van der Waals surface area (Å²) >= 11 is 0. The number of nitrogens with zero attached hydrogens (tertiary/aromatic N) is 1. The third-order valence-electron chi connectivity index (χ3n) is 17.2. The van der Waals surface area contributed by atoms with Crippen LogP contribution in [0.2, 0.25) is 0 Å². The van der Waals surface area contributed by atoms with Crippen molar-refractivity contribution in [2.75, 3.05) is 4.90 Å². The fourth-order valence-electron chi connectivity index (χ4n) is 14.0. The van der Waals surface area contributed by atoms with E-state index in [0.717, 1.165) is 50.3 Å². The number of para-hydroxylation sites is 2. The van der Waals surface area contributed by atoms with E-state index >= 15 is 0 Å². The van der Waals surface area contributed by atoms with Crippen LogP contribution < -0.4 is 4.90 Å². The predicted molar refractivity (Wildman–Crippen MR) is 301 cm³/mol. The van der Waals surface area contributed by atoms with Gasteiger partial charge >= 0.3 is 0 Å². The molecule has 346 valence electrons. The lowest BCUT2D eigenvalue weighted by Gasteiger charge is -2.32. The van der Waals surface area contributed by atoms with Crippen molar-refractivity contribution in [1.29, 1.82) is 0 Å². The molecule has 0 N–H and O–H groups in total. The Balaban J connectivity index is 0.961. The average molecular weight is 928 g/mol. The number of fused-ring (bicyclic) bond motifs is 20. The van der Waals surface area contributed by atoms with Gasteiger partial charge in [-0.3, -0.25) is 0 Å². The second-order valence-corrected chi connectivity index (χ2v) is 22.6. The van der Waals surface area contributed by atoms with Crippen LogP contribution >= 0.6 is 0 Å². The number of anilines is 3. The van der Waals surface area contributed by atoms with E-state index in [2.05, 4.69) is 236 Å². The molecule has 0 saturated carbocycles. The summed E-state index contributed by atoms with van der Waals surface area (Å²) in [6.45, 7) is 18.9. The van der Waals surface area contributed by atoms with Gasteiger partial charge in [0.2, 0.25) is 0 Å². The first-order chi connectivity index (χ1) is 34.8. The number of benzene rings is 10. The minimum absolute atomic E-state index is 0.231. The summed E-state index contributed by atoms with van der Waals surface area (Å²) in [5.74, 6) is 0. The van der Waals surface area contributed by atoms with Crippen LogP contribution in [0, 0.1) is 13.8 Å². The predicted octanol–water partition coefficient (Wildman–Crippen LogP) is 19.3. The van der Waals surface area contributed by atoms with Gasteiger partial charge in [0, 0.05) is 66.0 Å². The molecule has 3 heteroatoms. The first kappa shape index (κ1) is 41.6. The highest BCUT2D eigenvalue weighted by Gasteiger charge is 2.49. The standard InChI is InChI=1S/C69H53NO2/c1-38-31-39(2)33-42(32-38)51-37-55-58(60-49-20-12-15-23-56(49)71-65(51)60)47-29-27-44(35-53(47)67(55,3)4)70(43-26-25-40-17-9-10-18-41(40)34-43)45-28-30-48-54(36-45)69(7,8)63-59(48)61-50-21-13-16-24-57(50)72-66(61)62-46-19-11-14-22-52(46)68(5,6)64(62)63/h9-37H,1-8H3. The summed E-state index contributed by atoms with van der Waals surface area (Å²) in [6.07, 6.45) is 0. The Kier molecular flexibility index (Phi) is 8.12. The first-order valence-corrected chi connectivity index (χ1v) is 25.6. The largest absolute Gasteiger partial charge is 0.455 e. The van der Waals surface area contributed by atoms with Crippen molar-refractivity contribution in [3.05, 3.63) is 220 Å². The van der Waals surface area contributed by atoms with Gasteiger partial charge in [0.05, 0.1) is 0 Å². The normalized spacial score (nSPS) is 15.3. The zero-order valence-electron chi connectivity index (χ0n) is 42.0. The molecule has 0 spiro atoms. The molecule has 2 heterocycles. The second-order valence-electron chi connectivity index (χ2n) is 22.6. The van der Waals surface area contributed by atoms with Crippen LogP contribution in [0.5, 0.6) is 0 Å². The van der Waals surface area contributed by atoms with E-state index in [1.54, 1.807) is 0 Å².